The fraction of sp³-hybridized carbons (Fsp3) is 0.133. The predicted molar refractivity (Wildman–Crippen MR) is 88.4 cm³/mol. The summed E-state index contributed by atoms with van der Waals surface area (Å²) in [5.74, 6) is 1.62. The maximum absolute atomic E-state index is 11.3. The van der Waals surface area contributed by atoms with Crippen LogP contribution >= 0.6 is 23.4 Å². The zero-order valence-corrected chi connectivity index (χ0v) is 13.8. The summed E-state index contributed by atoms with van der Waals surface area (Å²) in [5, 5.41) is 17.1. The van der Waals surface area contributed by atoms with Gasteiger partial charge in [0.25, 0.3) is 0 Å². The topological polar surface area (TPSA) is 101 Å². The molecular weight excluding hydrogens is 354 g/mol. The SMILES string of the molecule is O=c1cc(CSc2n[nH]c(COc3ccc(Cl)cc3)n2)occ1O. The molecule has 0 amide bonds. The average Bonchev–Trinajstić information content (AvgIpc) is 3.03. The van der Waals surface area contributed by atoms with Gasteiger partial charge in [0.1, 0.15) is 24.4 Å². The molecule has 0 saturated heterocycles. The van der Waals surface area contributed by atoms with Gasteiger partial charge in [-0.3, -0.25) is 9.89 Å². The van der Waals surface area contributed by atoms with E-state index in [2.05, 4.69) is 15.2 Å². The number of benzene rings is 1. The molecular formula is C15H12ClN3O4S. The highest BCUT2D eigenvalue weighted by Crippen LogP contribution is 2.20. The number of nitrogens with one attached hydrogen (secondary N) is 1. The van der Waals surface area contributed by atoms with Crippen LogP contribution in [-0.2, 0) is 12.4 Å². The first-order chi connectivity index (χ1) is 11.6. The van der Waals surface area contributed by atoms with E-state index in [0.717, 1.165) is 6.26 Å². The third-order valence-electron chi connectivity index (χ3n) is 2.91. The Hall–Kier alpha value is -2.45. The molecule has 3 rings (SSSR count). The zero-order valence-electron chi connectivity index (χ0n) is 12.2. The van der Waals surface area contributed by atoms with Gasteiger partial charge in [-0.1, -0.05) is 23.4 Å². The summed E-state index contributed by atoms with van der Waals surface area (Å²) >= 11 is 7.10. The molecule has 0 spiro atoms. The van der Waals surface area contributed by atoms with E-state index >= 15 is 0 Å². The number of nitrogens with zero attached hydrogens (tertiary/aromatic N) is 2. The maximum atomic E-state index is 11.3. The van der Waals surface area contributed by atoms with E-state index in [1.54, 1.807) is 24.3 Å². The summed E-state index contributed by atoms with van der Waals surface area (Å²) in [5.41, 5.74) is -0.483. The molecule has 0 radical (unpaired) electrons. The van der Waals surface area contributed by atoms with Crippen LogP contribution in [0.3, 0.4) is 0 Å². The second-order valence-corrected chi connectivity index (χ2v) is 6.07. The number of aromatic amines is 1. The molecule has 0 aliphatic rings. The molecule has 0 aliphatic heterocycles. The molecule has 0 aliphatic carbocycles. The molecule has 0 saturated carbocycles. The average molecular weight is 366 g/mol. The second kappa shape index (κ2) is 7.41. The van der Waals surface area contributed by atoms with Crippen molar-refractivity contribution in [3.05, 3.63) is 63.4 Å². The van der Waals surface area contributed by atoms with Crippen LogP contribution in [-0.4, -0.2) is 20.3 Å². The van der Waals surface area contributed by atoms with E-state index in [0.29, 0.717) is 33.3 Å². The van der Waals surface area contributed by atoms with Crippen molar-refractivity contribution in [1.82, 2.24) is 15.2 Å². The monoisotopic (exact) mass is 365 g/mol. The Morgan fingerprint density at radius 2 is 2.12 bits per heavy atom. The Kier molecular flexibility index (Phi) is 5.07. The smallest absolute Gasteiger partial charge is 0.226 e. The third kappa shape index (κ3) is 4.30. The molecule has 124 valence electrons. The minimum Gasteiger partial charge on any atom is -0.502 e. The molecule has 0 fully saturated rings. The summed E-state index contributed by atoms with van der Waals surface area (Å²) < 4.78 is 10.7. The normalized spacial score (nSPS) is 10.7. The Bertz CT molecular complexity index is 879. The van der Waals surface area contributed by atoms with Crippen LogP contribution in [0.1, 0.15) is 11.6 Å². The van der Waals surface area contributed by atoms with Crippen molar-refractivity contribution in [1.29, 1.82) is 0 Å². The van der Waals surface area contributed by atoms with E-state index in [1.807, 2.05) is 0 Å². The Balaban J connectivity index is 1.54. The number of halogens is 1. The first-order valence-electron chi connectivity index (χ1n) is 6.83. The lowest BCUT2D eigenvalue weighted by Gasteiger charge is -2.03. The van der Waals surface area contributed by atoms with Crippen molar-refractivity contribution < 1.29 is 14.3 Å². The molecule has 1 aromatic carbocycles. The van der Waals surface area contributed by atoms with Gasteiger partial charge < -0.3 is 14.3 Å². The molecule has 24 heavy (non-hydrogen) atoms. The molecule has 2 N–H and O–H groups in total. The van der Waals surface area contributed by atoms with Gasteiger partial charge in [-0.15, -0.1) is 5.10 Å². The van der Waals surface area contributed by atoms with Crippen molar-refractivity contribution in [3.8, 4) is 11.5 Å². The quantitative estimate of drug-likeness (QED) is 0.647. The van der Waals surface area contributed by atoms with Gasteiger partial charge in [0, 0.05) is 11.1 Å². The highest BCUT2D eigenvalue weighted by Gasteiger charge is 2.08. The van der Waals surface area contributed by atoms with Gasteiger partial charge in [0.2, 0.25) is 10.6 Å². The lowest BCUT2D eigenvalue weighted by molar-refractivity contribution is 0.296. The summed E-state index contributed by atoms with van der Waals surface area (Å²) in [6, 6.07) is 8.25. The number of ether oxygens (including phenoxy) is 1. The minimum absolute atomic E-state index is 0.240. The molecule has 7 nitrogen and oxygen atoms in total. The molecule has 0 bridgehead atoms. The van der Waals surface area contributed by atoms with E-state index in [4.69, 9.17) is 25.9 Å². The summed E-state index contributed by atoms with van der Waals surface area (Å²) in [6.07, 6.45) is 1.02. The van der Waals surface area contributed by atoms with Crippen LogP contribution in [0.4, 0.5) is 0 Å². The Morgan fingerprint density at radius 3 is 2.88 bits per heavy atom. The second-order valence-electron chi connectivity index (χ2n) is 4.69. The number of hydrogen-bond acceptors (Lipinski definition) is 7. The Morgan fingerprint density at radius 1 is 1.33 bits per heavy atom. The number of thioether (sulfide) groups is 1. The number of aromatic nitrogens is 3. The van der Waals surface area contributed by atoms with Gasteiger partial charge in [0.05, 0.1) is 5.75 Å². The van der Waals surface area contributed by atoms with Crippen molar-refractivity contribution in [2.45, 2.75) is 17.5 Å². The van der Waals surface area contributed by atoms with Gasteiger partial charge >= 0.3 is 0 Å². The van der Waals surface area contributed by atoms with Crippen molar-refractivity contribution in [2.24, 2.45) is 0 Å². The van der Waals surface area contributed by atoms with Gasteiger partial charge in [-0.05, 0) is 24.3 Å². The first kappa shape index (κ1) is 16.4. The fourth-order valence-electron chi connectivity index (χ4n) is 1.74. The van der Waals surface area contributed by atoms with Gasteiger partial charge in [-0.25, -0.2) is 4.98 Å². The highest BCUT2D eigenvalue weighted by atomic mass is 35.5. The number of aromatic hydroxyl groups is 1. The highest BCUT2D eigenvalue weighted by molar-refractivity contribution is 7.98. The number of rotatable bonds is 6. The van der Waals surface area contributed by atoms with Crippen molar-refractivity contribution >= 4 is 23.4 Å². The lowest BCUT2D eigenvalue weighted by atomic mass is 10.3. The summed E-state index contributed by atoms with van der Waals surface area (Å²) in [6.45, 7) is 0.240. The summed E-state index contributed by atoms with van der Waals surface area (Å²) in [4.78, 5) is 15.6. The molecule has 0 atom stereocenters. The number of hydrogen-bond donors (Lipinski definition) is 2. The van der Waals surface area contributed by atoms with E-state index in [-0.39, 0.29) is 6.61 Å². The summed E-state index contributed by atoms with van der Waals surface area (Å²) in [7, 11) is 0. The van der Waals surface area contributed by atoms with E-state index in [9.17, 15) is 4.79 Å². The largest absolute Gasteiger partial charge is 0.502 e. The zero-order chi connectivity index (χ0) is 16.9. The van der Waals surface area contributed by atoms with Crippen LogP contribution in [0.25, 0.3) is 0 Å². The molecule has 3 aromatic rings. The molecule has 2 heterocycles. The third-order valence-corrected chi connectivity index (χ3v) is 4.03. The van der Waals surface area contributed by atoms with Crippen LogP contribution in [0.2, 0.25) is 5.02 Å². The van der Waals surface area contributed by atoms with Gasteiger partial charge in [-0.2, -0.15) is 0 Å². The molecule has 9 heteroatoms. The van der Waals surface area contributed by atoms with Crippen LogP contribution in [0, 0.1) is 0 Å². The van der Waals surface area contributed by atoms with Crippen LogP contribution < -0.4 is 10.2 Å². The first-order valence-corrected chi connectivity index (χ1v) is 8.19. The number of H-pyrrole nitrogens is 1. The van der Waals surface area contributed by atoms with Crippen molar-refractivity contribution in [2.75, 3.05) is 0 Å². The van der Waals surface area contributed by atoms with Gasteiger partial charge in [0.15, 0.2) is 11.6 Å². The maximum Gasteiger partial charge on any atom is 0.226 e. The predicted octanol–water partition coefficient (Wildman–Crippen LogP) is 2.99. The van der Waals surface area contributed by atoms with Crippen LogP contribution in [0.5, 0.6) is 11.5 Å². The van der Waals surface area contributed by atoms with Crippen molar-refractivity contribution in [3.63, 3.8) is 0 Å². The van der Waals surface area contributed by atoms with E-state index < -0.39 is 11.2 Å². The van der Waals surface area contributed by atoms with E-state index in [1.165, 1.54) is 17.8 Å². The molecule has 2 aromatic heterocycles. The lowest BCUT2D eigenvalue weighted by Crippen LogP contribution is -1.99. The Labute approximate surface area is 145 Å². The fourth-order valence-corrected chi connectivity index (χ4v) is 2.58. The van der Waals surface area contributed by atoms with Crippen LogP contribution in [0.15, 0.2) is 51.0 Å². The minimum atomic E-state index is -0.483. The standard InChI is InChI=1S/C15H12ClN3O4S/c16-9-1-3-10(4-2-9)23-7-14-17-15(19-18-14)24-8-11-5-12(20)13(21)6-22-11/h1-6,21H,7-8H2,(H,17,18,19). The molecule has 0 unspecified atom stereocenters.